The van der Waals surface area contributed by atoms with Gasteiger partial charge < -0.3 is 129 Å². The van der Waals surface area contributed by atoms with Crippen LogP contribution in [0.3, 0.4) is 0 Å². The summed E-state index contributed by atoms with van der Waals surface area (Å²) in [5.74, 6) is -1.30. The molecule has 0 spiro atoms. The van der Waals surface area contributed by atoms with Crippen LogP contribution in [-0.4, -0.2) is 274 Å². The average Bonchev–Trinajstić information content (AvgIpc) is 0.682. The number of carbonyl (C=O) groups excluding carboxylic acids is 1. The molecule has 0 radical (unpaired) electrons. The molecule has 5 saturated heterocycles. The molecule has 0 amide bonds. The second kappa shape index (κ2) is 24.6. The van der Waals surface area contributed by atoms with Crippen LogP contribution in [0.4, 0.5) is 0 Å². The highest BCUT2D eigenvalue weighted by Crippen LogP contribution is 2.76. The molecule has 5 aliphatic carbocycles. The van der Waals surface area contributed by atoms with Gasteiger partial charge in [0.1, 0.15) is 110 Å². The first-order chi connectivity index (χ1) is 40.2. The molecule has 494 valence electrons. The first kappa shape index (κ1) is 67.1. The molecule has 4 saturated carbocycles. The van der Waals surface area contributed by atoms with Crippen LogP contribution in [0.5, 0.6) is 0 Å². The molecule has 27 heteroatoms. The molecule has 9 fully saturated rings. The third-order valence-corrected chi connectivity index (χ3v) is 23.3. The molecule has 0 aromatic carbocycles. The summed E-state index contributed by atoms with van der Waals surface area (Å²) in [6, 6.07) is 0. The van der Waals surface area contributed by atoms with Crippen molar-refractivity contribution in [3.63, 3.8) is 0 Å². The molecule has 0 aromatic heterocycles. The first-order valence-corrected chi connectivity index (χ1v) is 30.7. The van der Waals surface area contributed by atoms with Crippen molar-refractivity contribution in [2.24, 2.45) is 50.2 Å². The normalized spacial score (nSPS) is 54.5. The fraction of sp³-hybridized carbons (Fsp3) is 0.949. The van der Waals surface area contributed by atoms with E-state index in [4.69, 9.17) is 47.4 Å². The Morgan fingerprint density at radius 1 is 0.547 bits per heavy atom. The maximum Gasteiger partial charge on any atom is 0.315 e. The lowest BCUT2D eigenvalue weighted by Crippen LogP contribution is -2.67. The predicted molar refractivity (Wildman–Crippen MR) is 289 cm³/mol. The van der Waals surface area contributed by atoms with Gasteiger partial charge in [0.2, 0.25) is 6.29 Å². The Kier molecular flexibility index (Phi) is 19.2. The van der Waals surface area contributed by atoms with E-state index in [1.54, 1.807) is 0 Å². The summed E-state index contributed by atoms with van der Waals surface area (Å²) >= 11 is 0. The van der Waals surface area contributed by atoms with Crippen LogP contribution in [0.1, 0.15) is 113 Å². The topological polar surface area (TPSA) is 433 Å². The average molecular weight is 1240 g/mol. The number of aliphatic hydroxyl groups is 16. The maximum absolute atomic E-state index is 15.2. The summed E-state index contributed by atoms with van der Waals surface area (Å²) in [5, 5.41) is 173. The van der Waals surface area contributed by atoms with Crippen LogP contribution < -0.4 is 0 Å². The fourth-order valence-electron chi connectivity index (χ4n) is 17.5. The Hall–Kier alpha value is -1.79. The smallest absolute Gasteiger partial charge is 0.315 e. The van der Waals surface area contributed by atoms with Gasteiger partial charge in [-0.05, 0) is 104 Å². The van der Waals surface area contributed by atoms with Gasteiger partial charge in [-0.25, -0.2) is 0 Å². The van der Waals surface area contributed by atoms with Crippen molar-refractivity contribution in [2.75, 3.05) is 26.4 Å². The third kappa shape index (κ3) is 11.0. The van der Waals surface area contributed by atoms with E-state index in [0.717, 1.165) is 18.4 Å². The molecular formula is C59H96O27. The van der Waals surface area contributed by atoms with Gasteiger partial charge in [-0.2, -0.15) is 0 Å². The lowest BCUT2D eigenvalue weighted by Gasteiger charge is -2.71. The second-order valence-corrected chi connectivity index (χ2v) is 28.6. The molecule has 16 N–H and O–H groups in total. The zero-order valence-electron chi connectivity index (χ0n) is 50.2. The van der Waals surface area contributed by atoms with Crippen molar-refractivity contribution in [1.29, 1.82) is 0 Å². The van der Waals surface area contributed by atoms with Crippen LogP contribution in [0, 0.1) is 50.2 Å². The third-order valence-electron chi connectivity index (χ3n) is 23.3. The van der Waals surface area contributed by atoms with Gasteiger partial charge in [0.25, 0.3) is 0 Å². The summed E-state index contributed by atoms with van der Waals surface area (Å²) in [6.07, 6.45) is -33.2. The fourth-order valence-corrected chi connectivity index (χ4v) is 17.5. The quantitative estimate of drug-likeness (QED) is 0.0482. The Morgan fingerprint density at radius 3 is 1.74 bits per heavy atom. The van der Waals surface area contributed by atoms with Gasteiger partial charge in [-0.3, -0.25) is 4.79 Å². The Labute approximate surface area is 499 Å². The van der Waals surface area contributed by atoms with E-state index in [0.29, 0.717) is 44.9 Å². The lowest BCUT2D eigenvalue weighted by atomic mass is 9.33. The number of aliphatic hydroxyl groups excluding tert-OH is 16. The van der Waals surface area contributed by atoms with Crippen LogP contribution in [0.15, 0.2) is 11.6 Å². The maximum atomic E-state index is 15.2. The minimum absolute atomic E-state index is 0.0640. The van der Waals surface area contributed by atoms with Gasteiger partial charge in [0, 0.05) is 5.92 Å². The zero-order valence-corrected chi connectivity index (χ0v) is 50.2. The van der Waals surface area contributed by atoms with Gasteiger partial charge in [-0.15, -0.1) is 0 Å². The highest BCUT2D eigenvalue weighted by atomic mass is 16.8. The van der Waals surface area contributed by atoms with E-state index < -0.39 is 213 Å². The highest BCUT2D eigenvalue weighted by molar-refractivity contribution is 5.79. The molecule has 33 unspecified atom stereocenters. The summed E-state index contributed by atoms with van der Waals surface area (Å²) in [7, 11) is 0. The number of esters is 1. The van der Waals surface area contributed by atoms with E-state index in [1.807, 2.05) is 13.8 Å². The lowest BCUT2D eigenvalue weighted by molar-refractivity contribution is -0.382. The number of fused-ring (bicyclic) bond motifs is 7. The van der Waals surface area contributed by atoms with Crippen molar-refractivity contribution in [3.8, 4) is 0 Å². The number of hydrogen-bond donors (Lipinski definition) is 16. The molecule has 5 aliphatic heterocycles. The molecule has 10 rings (SSSR count). The van der Waals surface area contributed by atoms with Gasteiger partial charge >= 0.3 is 5.97 Å². The second-order valence-electron chi connectivity index (χ2n) is 28.6. The molecular weight excluding hydrogens is 1140 g/mol. The zero-order chi connectivity index (χ0) is 62.9. The number of hydrogen-bond acceptors (Lipinski definition) is 27. The molecule has 33 atom stereocenters. The van der Waals surface area contributed by atoms with Crippen molar-refractivity contribution in [3.05, 3.63) is 11.6 Å². The number of rotatable bonds is 13. The Morgan fingerprint density at radius 2 is 1.10 bits per heavy atom. The van der Waals surface area contributed by atoms with E-state index >= 15 is 4.79 Å². The summed E-state index contributed by atoms with van der Waals surface area (Å²) in [5.41, 5.74) is -2.69. The summed E-state index contributed by atoms with van der Waals surface area (Å²) < 4.78 is 59.6. The Balaban J connectivity index is 0.849. The van der Waals surface area contributed by atoms with Crippen molar-refractivity contribution >= 4 is 5.97 Å². The molecule has 0 bridgehead atoms. The van der Waals surface area contributed by atoms with Crippen LogP contribution in [0.25, 0.3) is 0 Å². The van der Waals surface area contributed by atoms with Crippen LogP contribution in [0.2, 0.25) is 0 Å². The Bertz CT molecular complexity index is 2400. The summed E-state index contributed by atoms with van der Waals surface area (Å²) in [6.45, 7) is 14.2. The highest BCUT2D eigenvalue weighted by Gasteiger charge is 2.72. The summed E-state index contributed by atoms with van der Waals surface area (Å²) in [4.78, 5) is 15.2. The molecule has 10 aliphatic rings. The minimum Gasteiger partial charge on any atom is -0.432 e. The minimum atomic E-state index is -1.92. The first-order valence-electron chi connectivity index (χ1n) is 30.7. The largest absolute Gasteiger partial charge is 0.432 e. The standard InChI is InChI=1S/C59H96O27/c1-23-33(63)45(84-49-42(72)39(69)36(66)27(20-61)81-49)44(74)51(79-23)85-46-34(64)25(62)21-77-52(46)83-31-12-13-56(6)29(55(31,4)5)11-14-58(8)30(56)10-9-24-32-47(75)54(2,3)15-17-59(32,18-16-57(24,58)7)53(76)86-50-43(73)40(70)37(67)28(82-50)22-78-48-41(71)38(68)35(65)26(19-60)80-48/h9,23,25-52,60-75H,10-22H2,1-8H3. The molecule has 0 aromatic rings. The number of carbonyl (C=O) groups is 1. The number of ether oxygens (including phenoxy) is 10. The van der Waals surface area contributed by atoms with E-state index in [1.165, 1.54) is 6.92 Å². The van der Waals surface area contributed by atoms with Crippen molar-refractivity contribution in [2.45, 2.75) is 273 Å². The van der Waals surface area contributed by atoms with Gasteiger partial charge in [0.15, 0.2) is 25.2 Å². The molecule has 5 heterocycles. The molecule has 27 nitrogen and oxygen atoms in total. The predicted octanol–water partition coefficient (Wildman–Crippen LogP) is -3.57. The number of allylic oxidation sites excluding steroid dienone is 1. The van der Waals surface area contributed by atoms with Crippen molar-refractivity contribution < 1.29 is 134 Å². The van der Waals surface area contributed by atoms with E-state index in [2.05, 4.69) is 40.7 Å². The van der Waals surface area contributed by atoms with E-state index in [-0.39, 0.29) is 29.3 Å². The molecule has 86 heavy (non-hydrogen) atoms. The van der Waals surface area contributed by atoms with E-state index in [9.17, 15) is 81.7 Å². The SMILES string of the molecule is CC1OC(OC2C(OC3CCC4(C)C(CCC5(C)C4CC=C4C6C(O)C(C)(C)CCC6(C(=O)OC6OC(COC7OC(CO)C(O)C(O)C7O)C(O)C(O)C6O)CCC45C)C3(C)C)OCC(O)C2O)C(O)C(OC2OC(CO)C(O)C(O)C2O)C1O. The van der Waals surface area contributed by atoms with Crippen LogP contribution in [-0.2, 0) is 52.2 Å². The monoisotopic (exact) mass is 1240 g/mol. The van der Waals surface area contributed by atoms with Gasteiger partial charge in [-0.1, -0.05) is 60.1 Å². The van der Waals surface area contributed by atoms with Crippen molar-refractivity contribution in [1.82, 2.24) is 0 Å². The van der Waals surface area contributed by atoms with Crippen LogP contribution >= 0.6 is 0 Å². The van der Waals surface area contributed by atoms with Gasteiger partial charge in [0.05, 0.1) is 50.2 Å².